The molecule has 4 fully saturated rings. The molecule has 2 amide bonds. The normalized spacial score (nSPS) is 34.2. The number of alkyl halides is 1. The van der Waals surface area contributed by atoms with E-state index in [2.05, 4.69) is 26.8 Å². The minimum absolute atomic E-state index is 0.127. The topological polar surface area (TPSA) is 134 Å². The van der Waals surface area contributed by atoms with Gasteiger partial charge >= 0.3 is 5.97 Å². The zero-order chi connectivity index (χ0) is 35.6. The Bertz CT molecular complexity index is 1760. The molecule has 5 aliphatic rings. The molecule has 1 aromatic carbocycles. The Balaban J connectivity index is 1.18. The van der Waals surface area contributed by atoms with E-state index >= 15 is 0 Å². The average Bonchev–Trinajstić information content (AvgIpc) is 3.80. The van der Waals surface area contributed by atoms with Crippen LogP contribution in [-0.4, -0.2) is 75.5 Å². The standard InChI is InChI=1S/C38H47FN4O6S/c1-22-17-37(3)28(12-13-38(37,35(47)50-21-39)49-31(44)20-48-4)27-11-10-25-16-30-24(18-36(25,2)32(22)27)19-41-43(30)26-8-5-7-23(15-26)34(46)42-14-6-9-29(42)33(40)45/h5,7-8,15-16,19,22,27-29,32H,6,9-14,17-18,20-21H2,1-4H3,(H2,40,45)/t22-,27-,28-,29+,32-,36-,37-,38-/m0/s1. The van der Waals surface area contributed by atoms with Crippen LogP contribution in [0.2, 0.25) is 0 Å². The summed E-state index contributed by atoms with van der Waals surface area (Å²) in [5.41, 5.74) is 8.29. The van der Waals surface area contributed by atoms with Gasteiger partial charge in [0.2, 0.25) is 11.0 Å². The van der Waals surface area contributed by atoms with Crippen molar-refractivity contribution in [1.29, 1.82) is 0 Å². The van der Waals surface area contributed by atoms with Crippen molar-refractivity contribution in [3.63, 3.8) is 0 Å². The van der Waals surface area contributed by atoms with E-state index in [1.54, 1.807) is 11.0 Å². The Morgan fingerprint density at radius 2 is 1.96 bits per heavy atom. The molecule has 268 valence electrons. The molecule has 1 aliphatic heterocycles. The van der Waals surface area contributed by atoms with Crippen molar-refractivity contribution < 1.29 is 33.0 Å². The molecule has 12 heteroatoms. The van der Waals surface area contributed by atoms with Gasteiger partial charge in [-0.25, -0.2) is 13.9 Å². The lowest BCUT2D eigenvalue weighted by Gasteiger charge is -2.61. The minimum atomic E-state index is -1.38. The maximum Gasteiger partial charge on any atom is 0.333 e. The molecular formula is C38H47FN4O6S. The number of amides is 2. The number of aromatic nitrogens is 2. The number of rotatable bonds is 8. The van der Waals surface area contributed by atoms with Crippen LogP contribution < -0.4 is 5.73 Å². The zero-order valence-corrected chi connectivity index (χ0v) is 30.1. The molecule has 2 N–H and O–H groups in total. The molecule has 4 aliphatic carbocycles. The Morgan fingerprint density at radius 1 is 1.16 bits per heavy atom. The first-order valence-electron chi connectivity index (χ1n) is 17.8. The highest BCUT2D eigenvalue weighted by molar-refractivity contribution is 8.13. The summed E-state index contributed by atoms with van der Waals surface area (Å²) in [5.74, 6) is -0.253. The average molecular weight is 707 g/mol. The van der Waals surface area contributed by atoms with Crippen LogP contribution in [0.25, 0.3) is 11.8 Å². The molecule has 2 heterocycles. The van der Waals surface area contributed by atoms with Crippen molar-refractivity contribution in [2.75, 3.05) is 26.3 Å². The van der Waals surface area contributed by atoms with Crippen LogP contribution in [0.15, 0.2) is 36.0 Å². The van der Waals surface area contributed by atoms with E-state index < -0.39 is 40.1 Å². The van der Waals surface area contributed by atoms with Gasteiger partial charge in [0.05, 0.1) is 17.6 Å². The number of allylic oxidation sites excluding steroid dienone is 1. The molecule has 0 radical (unpaired) electrons. The van der Waals surface area contributed by atoms with Gasteiger partial charge < -0.3 is 20.1 Å². The van der Waals surface area contributed by atoms with Crippen LogP contribution in [0.4, 0.5) is 4.39 Å². The number of hydrogen-bond donors (Lipinski definition) is 1. The molecular weight excluding hydrogens is 660 g/mol. The smallest absolute Gasteiger partial charge is 0.333 e. The Labute approximate surface area is 296 Å². The van der Waals surface area contributed by atoms with Gasteiger partial charge in [-0.05, 0) is 122 Å². The summed E-state index contributed by atoms with van der Waals surface area (Å²) in [4.78, 5) is 53.6. The van der Waals surface area contributed by atoms with Crippen LogP contribution in [0, 0.1) is 34.5 Å². The molecule has 0 bridgehead atoms. The summed E-state index contributed by atoms with van der Waals surface area (Å²) >= 11 is 0.611. The molecule has 50 heavy (non-hydrogen) atoms. The second-order valence-electron chi connectivity index (χ2n) is 15.6. The molecule has 10 nitrogen and oxygen atoms in total. The quantitative estimate of drug-likeness (QED) is 0.356. The van der Waals surface area contributed by atoms with E-state index in [1.165, 1.54) is 12.7 Å². The lowest BCUT2D eigenvalue weighted by atomic mass is 9.44. The molecule has 2 aromatic rings. The van der Waals surface area contributed by atoms with Crippen molar-refractivity contribution in [3.05, 3.63) is 52.9 Å². The SMILES string of the molecule is COCC(=O)O[C@]1(C(=O)SCF)CC[C@H]2[C@@H]3CCC4=Cc5c(cnn5-c5cccc(C(=O)N6CCC[C@@H]6C(N)=O)c5)C[C@]4(C)[C@H]3[C@@H](C)C[C@@]21C. The summed E-state index contributed by atoms with van der Waals surface area (Å²) in [6.07, 6.45) is 10.1. The van der Waals surface area contributed by atoms with E-state index in [4.69, 9.17) is 20.3 Å². The number of likely N-dealkylation sites (tertiary alicyclic amines) is 1. The van der Waals surface area contributed by atoms with Gasteiger partial charge in [-0.15, -0.1) is 0 Å². The number of carbonyl (C=O) groups excluding carboxylic acids is 4. The van der Waals surface area contributed by atoms with Gasteiger partial charge in [0.1, 0.15) is 18.7 Å². The summed E-state index contributed by atoms with van der Waals surface area (Å²) in [6, 6.07) is 5.97. The number of halogens is 1. The largest absolute Gasteiger partial charge is 0.448 e. The predicted octanol–water partition coefficient (Wildman–Crippen LogP) is 5.51. The van der Waals surface area contributed by atoms with Gasteiger partial charge in [-0.1, -0.05) is 32.4 Å². The minimum Gasteiger partial charge on any atom is -0.448 e. The summed E-state index contributed by atoms with van der Waals surface area (Å²) in [5, 5.41) is 4.44. The second-order valence-corrected chi connectivity index (χ2v) is 16.5. The number of esters is 1. The first-order valence-corrected chi connectivity index (χ1v) is 18.8. The van der Waals surface area contributed by atoms with Crippen LogP contribution in [0.3, 0.4) is 0 Å². The van der Waals surface area contributed by atoms with E-state index in [-0.39, 0.29) is 29.8 Å². The number of ether oxygens (including phenoxy) is 2. The zero-order valence-electron chi connectivity index (χ0n) is 29.3. The number of fused-ring (bicyclic) bond motifs is 6. The summed E-state index contributed by atoms with van der Waals surface area (Å²) in [6.45, 7) is 7.00. The number of hydrogen-bond acceptors (Lipinski definition) is 8. The lowest BCUT2D eigenvalue weighted by molar-refractivity contribution is -0.192. The van der Waals surface area contributed by atoms with Crippen molar-refractivity contribution >= 4 is 40.7 Å². The first-order chi connectivity index (χ1) is 23.9. The van der Waals surface area contributed by atoms with E-state index in [1.807, 2.05) is 29.1 Å². The summed E-state index contributed by atoms with van der Waals surface area (Å²) in [7, 11) is 1.42. The third-order valence-electron chi connectivity index (χ3n) is 13.1. The molecule has 8 atom stereocenters. The second kappa shape index (κ2) is 12.9. The van der Waals surface area contributed by atoms with Crippen LogP contribution in [0.1, 0.15) is 87.3 Å². The van der Waals surface area contributed by atoms with Crippen molar-refractivity contribution in [3.8, 4) is 5.69 Å². The number of primary amides is 1. The molecule has 0 unspecified atom stereocenters. The molecule has 1 aromatic heterocycles. The highest BCUT2D eigenvalue weighted by atomic mass is 32.2. The van der Waals surface area contributed by atoms with Crippen molar-refractivity contribution in [2.45, 2.75) is 83.8 Å². The number of carbonyl (C=O) groups is 4. The maximum absolute atomic E-state index is 13.7. The number of nitrogens with two attached hydrogens (primary N) is 1. The third kappa shape index (κ3) is 5.26. The Kier molecular flexibility index (Phi) is 9.02. The predicted molar refractivity (Wildman–Crippen MR) is 187 cm³/mol. The molecule has 0 spiro atoms. The first kappa shape index (κ1) is 34.9. The lowest BCUT2D eigenvalue weighted by Crippen LogP contribution is -2.61. The maximum atomic E-state index is 13.7. The Morgan fingerprint density at radius 3 is 2.70 bits per heavy atom. The van der Waals surface area contributed by atoms with Crippen molar-refractivity contribution in [1.82, 2.24) is 14.7 Å². The van der Waals surface area contributed by atoms with Crippen LogP contribution in [-0.2, 0) is 30.3 Å². The fourth-order valence-electron chi connectivity index (χ4n) is 11.2. The van der Waals surface area contributed by atoms with E-state index in [9.17, 15) is 23.6 Å². The van der Waals surface area contributed by atoms with E-state index in [0.29, 0.717) is 55.0 Å². The van der Waals surface area contributed by atoms with Gasteiger partial charge in [-0.2, -0.15) is 5.10 Å². The highest BCUT2D eigenvalue weighted by Crippen LogP contribution is 2.70. The van der Waals surface area contributed by atoms with Crippen LogP contribution >= 0.6 is 11.8 Å². The fourth-order valence-corrected chi connectivity index (χ4v) is 12.0. The monoisotopic (exact) mass is 706 g/mol. The molecule has 1 saturated heterocycles. The number of benzene rings is 1. The highest BCUT2D eigenvalue weighted by Gasteiger charge is 2.70. The van der Waals surface area contributed by atoms with Gasteiger partial charge in [-0.3, -0.25) is 14.4 Å². The molecule has 3 saturated carbocycles. The van der Waals surface area contributed by atoms with Crippen LogP contribution in [0.5, 0.6) is 0 Å². The van der Waals surface area contributed by atoms with Gasteiger partial charge in [0, 0.05) is 24.6 Å². The summed E-state index contributed by atoms with van der Waals surface area (Å²) < 4.78 is 26.6. The Hall–Kier alpha value is -3.51. The van der Waals surface area contributed by atoms with E-state index in [0.717, 1.165) is 49.0 Å². The third-order valence-corrected chi connectivity index (χ3v) is 13.8. The molecule has 7 rings (SSSR count). The number of thioether (sulfide) groups is 1. The number of nitrogens with zero attached hydrogens (tertiary/aromatic N) is 3. The van der Waals surface area contributed by atoms with Gasteiger partial charge in [0.15, 0.2) is 5.60 Å². The van der Waals surface area contributed by atoms with Crippen molar-refractivity contribution in [2.24, 2.45) is 40.2 Å². The fraction of sp³-hybridized carbons (Fsp3) is 0.605. The number of methoxy groups -OCH3 is 1. The van der Waals surface area contributed by atoms with Gasteiger partial charge in [0.25, 0.3) is 5.91 Å².